The zero-order valence-electron chi connectivity index (χ0n) is 17.3. The number of allylic oxidation sites excluding steroid dienone is 1. The minimum atomic E-state index is -1.56. The standard InChI is InChI=1S/C22H28O8/c1-10-12-6-13(24)15-21(7-12,17(10)26)19(27)29-9-22(15)14(25)4-5-20(3)8-28-18(16(20)22)30-11(2)23/h12-16,18,24-25H,1,4-9H2,2-3H3/t12-,13-,14-,15+,16-,18-,20+,21+,22+/m1/s1. The fourth-order valence-corrected chi connectivity index (χ4v) is 7.57. The average molecular weight is 420 g/mol. The van der Waals surface area contributed by atoms with Gasteiger partial charge in [-0.25, -0.2) is 0 Å². The predicted octanol–water partition coefficient (Wildman–Crippen LogP) is 0.739. The first-order valence-electron chi connectivity index (χ1n) is 10.6. The zero-order valence-corrected chi connectivity index (χ0v) is 17.3. The number of hydrogen-bond donors (Lipinski definition) is 2. The summed E-state index contributed by atoms with van der Waals surface area (Å²) in [6, 6.07) is 0. The Morgan fingerprint density at radius 2 is 1.97 bits per heavy atom. The molecule has 2 bridgehead atoms. The molecule has 5 fully saturated rings. The third-order valence-electron chi connectivity index (χ3n) is 8.67. The maximum Gasteiger partial charge on any atom is 0.320 e. The molecule has 0 aromatic carbocycles. The first kappa shape index (κ1) is 20.2. The van der Waals surface area contributed by atoms with E-state index in [0.29, 0.717) is 31.4 Å². The number of esters is 2. The van der Waals surface area contributed by atoms with Crippen molar-refractivity contribution in [2.75, 3.05) is 13.2 Å². The van der Waals surface area contributed by atoms with Crippen LogP contribution >= 0.6 is 0 Å². The lowest BCUT2D eigenvalue weighted by Crippen LogP contribution is -2.71. The summed E-state index contributed by atoms with van der Waals surface area (Å²) in [7, 11) is 0. The molecule has 30 heavy (non-hydrogen) atoms. The van der Waals surface area contributed by atoms with Crippen LogP contribution in [0.4, 0.5) is 0 Å². The lowest BCUT2D eigenvalue weighted by molar-refractivity contribution is -0.270. The Bertz CT molecular complexity index is 852. The number of ketones is 1. The summed E-state index contributed by atoms with van der Waals surface area (Å²) < 4.78 is 17.0. The van der Waals surface area contributed by atoms with Crippen molar-refractivity contribution >= 4 is 17.7 Å². The molecule has 8 nitrogen and oxygen atoms in total. The molecular formula is C22H28O8. The number of aliphatic hydroxyl groups is 2. The highest BCUT2D eigenvalue weighted by Gasteiger charge is 2.78. The lowest BCUT2D eigenvalue weighted by Gasteiger charge is -2.62. The molecule has 0 aromatic rings. The van der Waals surface area contributed by atoms with Crippen molar-refractivity contribution in [3.63, 3.8) is 0 Å². The van der Waals surface area contributed by atoms with Crippen LogP contribution in [0.5, 0.6) is 0 Å². The van der Waals surface area contributed by atoms with Gasteiger partial charge in [0.15, 0.2) is 5.78 Å². The van der Waals surface area contributed by atoms with E-state index in [4.69, 9.17) is 14.2 Å². The Balaban J connectivity index is 1.71. The molecule has 0 amide bonds. The summed E-state index contributed by atoms with van der Waals surface area (Å²) >= 11 is 0. The number of carbonyl (C=O) groups is 3. The van der Waals surface area contributed by atoms with Crippen molar-refractivity contribution < 1.29 is 38.8 Å². The third kappa shape index (κ3) is 2.19. The van der Waals surface area contributed by atoms with E-state index >= 15 is 0 Å². The van der Waals surface area contributed by atoms with Gasteiger partial charge in [-0.05, 0) is 37.2 Å². The predicted molar refractivity (Wildman–Crippen MR) is 101 cm³/mol. The van der Waals surface area contributed by atoms with Gasteiger partial charge in [-0.15, -0.1) is 0 Å². The van der Waals surface area contributed by atoms with Gasteiger partial charge in [-0.3, -0.25) is 14.4 Å². The Labute approximate surface area is 174 Å². The molecular weight excluding hydrogens is 392 g/mol. The van der Waals surface area contributed by atoms with Crippen molar-refractivity contribution in [3.8, 4) is 0 Å². The monoisotopic (exact) mass is 420 g/mol. The summed E-state index contributed by atoms with van der Waals surface area (Å²) in [5, 5.41) is 22.7. The third-order valence-corrected chi connectivity index (χ3v) is 8.67. The van der Waals surface area contributed by atoms with Gasteiger partial charge in [0, 0.05) is 29.6 Å². The SMILES string of the molecule is C=C1C(=O)[C@]23C[C@H]1C[C@@H](O)[C@@H]2[C@]1(COC3=O)[C@H](O)CC[C@@]2(C)CO[C@H](OC(C)=O)[C@H]21. The van der Waals surface area contributed by atoms with E-state index < -0.39 is 58.5 Å². The maximum atomic E-state index is 13.4. The quantitative estimate of drug-likeness (QED) is 0.362. The minimum Gasteiger partial charge on any atom is -0.464 e. The highest BCUT2D eigenvalue weighted by Crippen LogP contribution is 2.69. The molecule has 164 valence electrons. The second-order valence-corrected chi connectivity index (χ2v) is 10.2. The number of Topliss-reactive ketones (excluding diaryl/α,β-unsaturated/α-hetero) is 1. The number of hydrogen-bond acceptors (Lipinski definition) is 8. The first-order valence-corrected chi connectivity index (χ1v) is 10.6. The van der Waals surface area contributed by atoms with Crippen LogP contribution in [0.15, 0.2) is 12.2 Å². The van der Waals surface area contributed by atoms with Crippen LogP contribution in [0, 0.1) is 34.0 Å². The Morgan fingerprint density at radius 1 is 1.23 bits per heavy atom. The summed E-state index contributed by atoms with van der Waals surface area (Å²) in [6.07, 6.45) is -1.29. The molecule has 2 saturated heterocycles. The topological polar surface area (TPSA) is 119 Å². The van der Waals surface area contributed by atoms with Crippen LogP contribution in [-0.2, 0) is 28.6 Å². The van der Waals surface area contributed by atoms with Crippen molar-refractivity contribution in [2.45, 2.75) is 58.0 Å². The molecule has 9 atom stereocenters. The van der Waals surface area contributed by atoms with E-state index in [-0.39, 0.29) is 24.7 Å². The highest BCUT2D eigenvalue weighted by atomic mass is 16.7. The van der Waals surface area contributed by atoms with Crippen LogP contribution in [0.25, 0.3) is 0 Å². The molecule has 2 N–H and O–H groups in total. The van der Waals surface area contributed by atoms with E-state index in [9.17, 15) is 24.6 Å². The van der Waals surface area contributed by atoms with Crippen LogP contribution in [-0.4, -0.2) is 59.6 Å². The maximum absolute atomic E-state index is 13.4. The van der Waals surface area contributed by atoms with Crippen molar-refractivity contribution in [3.05, 3.63) is 12.2 Å². The Morgan fingerprint density at radius 3 is 2.67 bits per heavy atom. The molecule has 2 heterocycles. The number of carbonyl (C=O) groups excluding carboxylic acids is 3. The molecule has 0 unspecified atom stereocenters. The van der Waals surface area contributed by atoms with Gasteiger partial charge >= 0.3 is 11.9 Å². The zero-order chi connectivity index (χ0) is 21.6. The smallest absolute Gasteiger partial charge is 0.320 e. The largest absolute Gasteiger partial charge is 0.464 e. The second-order valence-electron chi connectivity index (χ2n) is 10.2. The molecule has 0 aromatic heterocycles. The van der Waals surface area contributed by atoms with E-state index in [1.807, 2.05) is 6.92 Å². The number of rotatable bonds is 1. The number of cyclic esters (lactones) is 1. The Hall–Kier alpha value is -1.77. The molecule has 8 heteroatoms. The van der Waals surface area contributed by atoms with E-state index in [2.05, 4.69) is 6.58 Å². The van der Waals surface area contributed by atoms with Gasteiger partial charge in [0.2, 0.25) is 6.29 Å². The summed E-state index contributed by atoms with van der Waals surface area (Å²) in [5.74, 6) is -3.21. The average Bonchev–Trinajstić information content (AvgIpc) is 3.11. The summed E-state index contributed by atoms with van der Waals surface area (Å²) in [5.41, 5.74) is -2.83. The van der Waals surface area contributed by atoms with Gasteiger partial charge in [0.25, 0.3) is 0 Å². The molecule has 5 aliphatic rings. The molecule has 2 spiro atoms. The fourth-order valence-electron chi connectivity index (χ4n) is 7.57. The fraction of sp³-hybridized carbons (Fsp3) is 0.773. The first-order chi connectivity index (χ1) is 14.1. The molecule has 3 saturated carbocycles. The lowest BCUT2D eigenvalue weighted by atomic mass is 9.43. The van der Waals surface area contributed by atoms with Gasteiger partial charge < -0.3 is 24.4 Å². The Kier molecular flexibility index (Phi) is 4.13. The van der Waals surface area contributed by atoms with Crippen LogP contribution in [0.1, 0.15) is 39.5 Å². The van der Waals surface area contributed by atoms with E-state index in [1.165, 1.54) is 6.92 Å². The van der Waals surface area contributed by atoms with Gasteiger partial charge in [0.05, 0.1) is 18.8 Å². The van der Waals surface area contributed by atoms with Crippen molar-refractivity contribution in [1.82, 2.24) is 0 Å². The van der Waals surface area contributed by atoms with Gasteiger partial charge in [-0.2, -0.15) is 0 Å². The molecule has 5 rings (SSSR count). The second kappa shape index (κ2) is 6.14. The van der Waals surface area contributed by atoms with Gasteiger partial charge in [-0.1, -0.05) is 13.5 Å². The van der Waals surface area contributed by atoms with Crippen LogP contribution in [0.2, 0.25) is 0 Å². The van der Waals surface area contributed by atoms with Crippen LogP contribution in [0.3, 0.4) is 0 Å². The number of ether oxygens (including phenoxy) is 3. The van der Waals surface area contributed by atoms with Crippen molar-refractivity contribution in [2.24, 2.45) is 34.0 Å². The molecule has 2 aliphatic heterocycles. The normalized spacial score (nSPS) is 52.1. The van der Waals surface area contributed by atoms with E-state index in [0.717, 1.165) is 0 Å². The van der Waals surface area contributed by atoms with Crippen molar-refractivity contribution in [1.29, 1.82) is 0 Å². The summed E-state index contributed by atoms with van der Waals surface area (Å²) in [4.78, 5) is 38.2. The van der Waals surface area contributed by atoms with Crippen LogP contribution < -0.4 is 0 Å². The van der Waals surface area contributed by atoms with E-state index in [1.54, 1.807) is 0 Å². The number of fused-ring (bicyclic) bond motifs is 4. The summed E-state index contributed by atoms with van der Waals surface area (Å²) in [6.45, 7) is 7.36. The highest BCUT2D eigenvalue weighted by molar-refractivity contribution is 6.15. The molecule has 0 radical (unpaired) electrons. The molecule has 3 aliphatic carbocycles. The minimum absolute atomic E-state index is 0.151. The van der Waals surface area contributed by atoms with Gasteiger partial charge in [0.1, 0.15) is 12.0 Å². The number of aliphatic hydroxyl groups excluding tert-OH is 2.